The van der Waals surface area contributed by atoms with Gasteiger partial charge in [0.15, 0.2) is 5.82 Å². The van der Waals surface area contributed by atoms with Crippen LogP contribution in [0.25, 0.3) is 11.3 Å². The summed E-state index contributed by atoms with van der Waals surface area (Å²) in [6.07, 6.45) is 2.63. The van der Waals surface area contributed by atoms with Crippen molar-refractivity contribution in [2.75, 3.05) is 5.32 Å². The van der Waals surface area contributed by atoms with E-state index in [1.165, 1.54) is 18.5 Å². The van der Waals surface area contributed by atoms with Gasteiger partial charge in [0.05, 0.1) is 18.1 Å². The topological polar surface area (TPSA) is 54.9 Å². The van der Waals surface area contributed by atoms with E-state index in [9.17, 15) is 22.4 Å². The van der Waals surface area contributed by atoms with Gasteiger partial charge in [-0.3, -0.25) is 9.78 Å². The molecule has 0 unspecified atom stereocenters. The lowest BCUT2D eigenvalue weighted by molar-refractivity contribution is -0.00181. The Balaban J connectivity index is 1.60. The number of hydrogen-bond donors (Lipinski definition) is 1. The van der Waals surface area contributed by atoms with Crippen LogP contribution in [-0.4, -0.2) is 15.9 Å². The SMILES string of the molecule is Cc1cc2c(cc1-c1cnc(NC(=O)c3c(F)cccc3F)cn1)C(F)(F)CC2. The van der Waals surface area contributed by atoms with Crippen LogP contribution in [0.5, 0.6) is 0 Å². The van der Waals surface area contributed by atoms with Crippen molar-refractivity contribution < 1.29 is 22.4 Å². The highest BCUT2D eigenvalue weighted by Gasteiger charge is 2.39. The number of fused-ring (bicyclic) bond motifs is 1. The summed E-state index contributed by atoms with van der Waals surface area (Å²) < 4.78 is 55.5. The van der Waals surface area contributed by atoms with Crippen LogP contribution >= 0.6 is 0 Å². The van der Waals surface area contributed by atoms with Gasteiger partial charge in [-0.1, -0.05) is 12.1 Å². The minimum atomic E-state index is -2.87. The monoisotopic (exact) mass is 401 g/mol. The van der Waals surface area contributed by atoms with E-state index in [2.05, 4.69) is 15.3 Å². The Bertz CT molecular complexity index is 1090. The van der Waals surface area contributed by atoms with Crippen molar-refractivity contribution in [1.29, 1.82) is 0 Å². The number of aryl methyl sites for hydroxylation is 2. The molecule has 1 amide bonds. The first-order chi connectivity index (χ1) is 13.8. The number of alkyl halides is 2. The predicted molar refractivity (Wildman–Crippen MR) is 98.7 cm³/mol. The summed E-state index contributed by atoms with van der Waals surface area (Å²) in [7, 11) is 0. The molecule has 1 heterocycles. The highest BCUT2D eigenvalue weighted by atomic mass is 19.3. The van der Waals surface area contributed by atoms with Gasteiger partial charge in [-0.25, -0.2) is 22.5 Å². The maximum Gasteiger partial charge on any atom is 0.273 e. The molecule has 0 atom stereocenters. The van der Waals surface area contributed by atoms with Gasteiger partial charge in [-0.05, 0) is 42.7 Å². The highest BCUT2D eigenvalue weighted by molar-refractivity contribution is 6.04. The molecule has 148 valence electrons. The molecule has 0 spiro atoms. The number of benzene rings is 2. The second kappa shape index (κ2) is 6.95. The van der Waals surface area contributed by atoms with Crippen LogP contribution < -0.4 is 5.32 Å². The van der Waals surface area contributed by atoms with Crippen LogP contribution in [0.2, 0.25) is 0 Å². The van der Waals surface area contributed by atoms with E-state index in [-0.39, 0.29) is 17.8 Å². The predicted octanol–water partition coefficient (Wildman–Crippen LogP) is 5.02. The molecule has 1 aliphatic rings. The maximum atomic E-state index is 14.1. The number of anilines is 1. The number of hydrogen-bond acceptors (Lipinski definition) is 3. The molecule has 29 heavy (non-hydrogen) atoms. The molecule has 0 saturated heterocycles. The normalized spacial score (nSPS) is 14.5. The summed E-state index contributed by atoms with van der Waals surface area (Å²) in [5.41, 5.74) is 1.53. The van der Waals surface area contributed by atoms with Gasteiger partial charge in [0.25, 0.3) is 11.8 Å². The van der Waals surface area contributed by atoms with Gasteiger partial charge >= 0.3 is 0 Å². The van der Waals surface area contributed by atoms with Crippen LogP contribution in [0.1, 0.15) is 33.5 Å². The fourth-order valence-corrected chi connectivity index (χ4v) is 3.44. The Morgan fingerprint density at radius 1 is 1.10 bits per heavy atom. The largest absolute Gasteiger partial charge is 0.305 e. The summed E-state index contributed by atoms with van der Waals surface area (Å²) in [4.78, 5) is 20.3. The third-order valence-corrected chi connectivity index (χ3v) is 4.91. The number of halogens is 4. The lowest BCUT2D eigenvalue weighted by Gasteiger charge is -2.13. The minimum absolute atomic E-state index is 0.00712. The Labute approximate surface area is 163 Å². The van der Waals surface area contributed by atoms with Gasteiger partial charge in [0.1, 0.15) is 17.2 Å². The van der Waals surface area contributed by atoms with E-state index < -0.39 is 29.0 Å². The average molecular weight is 401 g/mol. The molecule has 1 aliphatic carbocycles. The molecule has 1 N–H and O–H groups in total. The molecule has 8 heteroatoms. The van der Waals surface area contributed by atoms with Crippen LogP contribution in [0.3, 0.4) is 0 Å². The van der Waals surface area contributed by atoms with Crippen LogP contribution in [-0.2, 0) is 12.3 Å². The molecule has 0 saturated carbocycles. The first-order valence-electron chi connectivity index (χ1n) is 8.86. The third kappa shape index (κ3) is 3.46. The van der Waals surface area contributed by atoms with E-state index in [1.54, 1.807) is 13.0 Å². The van der Waals surface area contributed by atoms with Crippen molar-refractivity contribution in [2.45, 2.75) is 25.7 Å². The van der Waals surface area contributed by atoms with Crippen molar-refractivity contribution in [2.24, 2.45) is 0 Å². The summed E-state index contributed by atoms with van der Waals surface area (Å²) in [6.45, 7) is 1.80. The number of nitrogens with zero attached hydrogens (tertiary/aromatic N) is 2. The Morgan fingerprint density at radius 3 is 2.48 bits per heavy atom. The average Bonchev–Trinajstić information content (AvgIpc) is 2.95. The number of carbonyl (C=O) groups is 1. The smallest absolute Gasteiger partial charge is 0.273 e. The zero-order valence-electron chi connectivity index (χ0n) is 15.3. The molecule has 2 aromatic carbocycles. The molecule has 4 nitrogen and oxygen atoms in total. The zero-order chi connectivity index (χ0) is 20.8. The van der Waals surface area contributed by atoms with Crippen LogP contribution in [0.15, 0.2) is 42.7 Å². The number of aromatic nitrogens is 2. The van der Waals surface area contributed by atoms with Gasteiger partial charge in [-0.2, -0.15) is 0 Å². The van der Waals surface area contributed by atoms with E-state index in [1.807, 2.05) is 0 Å². The summed E-state index contributed by atoms with van der Waals surface area (Å²) in [5.74, 6) is -5.90. The van der Waals surface area contributed by atoms with E-state index in [4.69, 9.17) is 0 Å². The van der Waals surface area contributed by atoms with Crippen molar-refractivity contribution in [3.05, 3.63) is 76.6 Å². The molecule has 1 aromatic heterocycles. The Hall–Kier alpha value is -3.29. The Morgan fingerprint density at radius 2 is 1.83 bits per heavy atom. The maximum absolute atomic E-state index is 14.1. The molecule has 0 radical (unpaired) electrons. The molecule has 4 rings (SSSR count). The molecule has 0 fully saturated rings. The van der Waals surface area contributed by atoms with Crippen molar-refractivity contribution in [3.8, 4) is 11.3 Å². The van der Waals surface area contributed by atoms with E-state index in [0.29, 0.717) is 23.2 Å². The second-order valence-electron chi connectivity index (χ2n) is 6.87. The third-order valence-electron chi connectivity index (χ3n) is 4.91. The standard InChI is InChI=1S/C21H15F4N3O/c1-11-7-12-5-6-21(24,25)14(12)8-13(11)17-9-27-18(10-26-17)28-20(29)19-15(22)3-2-4-16(19)23/h2-4,7-10H,5-6H2,1H3,(H,27,28,29). The number of rotatable bonds is 3. The quantitative estimate of drug-likeness (QED) is 0.627. The summed E-state index contributed by atoms with van der Waals surface area (Å²) in [5, 5.41) is 2.28. The van der Waals surface area contributed by atoms with Crippen molar-refractivity contribution in [1.82, 2.24) is 9.97 Å². The number of nitrogens with one attached hydrogen (secondary N) is 1. The van der Waals surface area contributed by atoms with Crippen molar-refractivity contribution >= 4 is 11.7 Å². The summed E-state index contributed by atoms with van der Waals surface area (Å²) >= 11 is 0. The molecule has 0 bridgehead atoms. The molecular formula is C21H15F4N3O. The van der Waals surface area contributed by atoms with Gasteiger partial charge in [0.2, 0.25) is 0 Å². The fraction of sp³-hybridized carbons (Fsp3) is 0.190. The van der Waals surface area contributed by atoms with Crippen LogP contribution in [0, 0.1) is 18.6 Å². The van der Waals surface area contributed by atoms with Gasteiger partial charge in [0, 0.05) is 17.5 Å². The van der Waals surface area contributed by atoms with Gasteiger partial charge in [-0.15, -0.1) is 0 Å². The van der Waals surface area contributed by atoms with Crippen molar-refractivity contribution in [3.63, 3.8) is 0 Å². The second-order valence-corrected chi connectivity index (χ2v) is 6.87. The molecule has 3 aromatic rings. The molecule has 0 aliphatic heterocycles. The zero-order valence-corrected chi connectivity index (χ0v) is 15.3. The van der Waals surface area contributed by atoms with Crippen LogP contribution in [0.4, 0.5) is 23.4 Å². The number of amides is 1. The minimum Gasteiger partial charge on any atom is -0.305 e. The lowest BCUT2D eigenvalue weighted by Crippen LogP contribution is -2.16. The Kier molecular flexibility index (Phi) is 4.56. The van der Waals surface area contributed by atoms with Gasteiger partial charge < -0.3 is 5.32 Å². The molecular weight excluding hydrogens is 386 g/mol. The summed E-state index contributed by atoms with van der Waals surface area (Å²) in [6, 6.07) is 6.25. The fourth-order valence-electron chi connectivity index (χ4n) is 3.44. The first kappa shape index (κ1) is 19.0. The number of carbonyl (C=O) groups excluding carboxylic acids is 1. The lowest BCUT2D eigenvalue weighted by atomic mass is 9.98. The van der Waals surface area contributed by atoms with E-state index >= 15 is 0 Å². The first-order valence-corrected chi connectivity index (χ1v) is 8.86. The highest BCUT2D eigenvalue weighted by Crippen LogP contribution is 2.43. The van der Waals surface area contributed by atoms with E-state index in [0.717, 1.165) is 23.8 Å².